The summed E-state index contributed by atoms with van der Waals surface area (Å²) in [5.74, 6) is 0.810. The second-order valence-corrected chi connectivity index (χ2v) is 10.9. The van der Waals surface area contributed by atoms with E-state index in [0.29, 0.717) is 24.5 Å². The van der Waals surface area contributed by atoms with Gasteiger partial charge in [0.2, 0.25) is 0 Å². The first-order chi connectivity index (χ1) is 17.3. The second kappa shape index (κ2) is 10.3. The van der Waals surface area contributed by atoms with Crippen LogP contribution in [-0.2, 0) is 17.6 Å². The Morgan fingerprint density at radius 2 is 1.89 bits per heavy atom. The fraction of sp³-hybridized carbons (Fsp3) is 0.500. The van der Waals surface area contributed by atoms with Gasteiger partial charge in [-0.15, -0.1) is 13.2 Å². The number of hydrogen-bond donors (Lipinski definition) is 1. The van der Waals surface area contributed by atoms with Crippen LogP contribution in [0.15, 0.2) is 36.4 Å². The number of nitrogens with zero attached hydrogens (tertiary/aromatic N) is 2. The highest BCUT2D eigenvalue weighted by atomic mass is 19.4. The van der Waals surface area contributed by atoms with E-state index in [4.69, 9.17) is 14.8 Å². The van der Waals surface area contributed by atoms with Crippen LogP contribution >= 0.6 is 0 Å². The average molecular weight is 519 g/mol. The molecule has 0 spiro atoms. The minimum absolute atomic E-state index is 0.0178. The normalized spacial score (nSPS) is 19.6. The number of carboxylic acid groups (broad SMARTS) is 1. The SMILES string of the molecule is COc1cc2c(cc1CCC(=O)O)nc(Cc1ccc(OC(F)(F)F)cc1)n2C1C[C@H](C)CC(C)(C)C1. The Labute approximate surface area is 214 Å². The maximum absolute atomic E-state index is 12.6. The number of fused-ring (bicyclic) bond motifs is 1. The Hall–Kier alpha value is -3.23. The second-order valence-electron chi connectivity index (χ2n) is 10.9. The topological polar surface area (TPSA) is 73.6 Å². The van der Waals surface area contributed by atoms with Gasteiger partial charge in [0.05, 0.1) is 18.1 Å². The van der Waals surface area contributed by atoms with Crippen LogP contribution < -0.4 is 9.47 Å². The maximum Gasteiger partial charge on any atom is 0.573 e. The van der Waals surface area contributed by atoms with Crippen LogP contribution in [0.25, 0.3) is 11.0 Å². The molecule has 1 heterocycles. The molecule has 0 bridgehead atoms. The zero-order valence-electron chi connectivity index (χ0n) is 21.6. The van der Waals surface area contributed by atoms with E-state index in [2.05, 4.69) is 30.1 Å². The fourth-order valence-electron chi connectivity index (χ4n) is 5.86. The van der Waals surface area contributed by atoms with E-state index in [1.165, 1.54) is 12.1 Å². The minimum atomic E-state index is -4.74. The molecule has 37 heavy (non-hydrogen) atoms. The van der Waals surface area contributed by atoms with Crippen LogP contribution in [0.4, 0.5) is 13.2 Å². The van der Waals surface area contributed by atoms with Crippen LogP contribution in [0, 0.1) is 11.3 Å². The summed E-state index contributed by atoms with van der Waals surface area (Å²) < 4.78 is 49.6. The third kappa shape index (κ3) is 6.56. The number of benzene rings is 2. The highest BCUT2D eigenvalue weighted by Crippen LogP contribution is 2.45. The largest absolute Gasteiger partial charge is 0.573 e. The molecule has 9 heteroatoms. The minimum Gasteiger partial charge on any atom is -0.496 e. The number of imidazole rings is 1. The number of halogens is 3. The predicted octanol–water partition coefficient (Wildman–Crippen LogP) is 6.94. The molecule has 1 saturated carbocycles. The van der Waals surface area contributed by atoms with E-state index in [9.17, 15) is 18.0 Å². The molecule has 1 aliphatic carbocycles. The van der Waals surface area contributed by atoms with E-state index < -0.39 is 12.3 Å². The Bertz CT molecular complexity index is 1270. The van der Waals surface area contributed by atoms with Crippen molar-refractivity contribution in [2.75, 3.05) is 7.11 Å². The summed E-state index contributed by atoms with van der Waals surface area (Å²) in [7, 11) is 1.57. The van der Waals surface area contributed by atoms with E-state index in [1.807, 2.05) is 12.1 Å². The lowest BCUT2D eigenvalue weighted by molar-refractivity contribution is -0.274. The third-order valence-electron chi connectivity index (χ3n) is 7.02. The number of ether oxygens (including phenoxy) is 2. The number of carbonyl (C=O) groups is 1. The van der Waals surface area contributed by atoms with Gasteiger partial charge in [-0.05, 0) is 66.3 Å². The van der Waals surface area contributed by atoms with Crippen LogP contribution in [0.1, 0.15) is 69.4 Å². The van der Waals surface area contributed by atoms with E-state index in [-0.39, 0.29) is 23.6 Å². The van der Waals surface area contributed by atoms with Crippen LogP contribution in [0.2, 0.25) is 0 Å². The predicted molar refractivity (Wildman–Crippen MR) is 134 cm³/mol. The molecule has 1 aliphatic rings. The van der Waals surface area contributed by atoms with Crippen LogP contribution in [0.3, 0.4) is 0 Å². The molecule has 0 saturated heterocycles. The molecule has 6 nitrogen and oxygen atoms in total. The first-order valence-corrected chi connectivity index (χ1v) is 12.5. The number of carboxylic acids is 1. The van der Waals surface area contributed by atoms with Gasteiger partial charge in [-0.1, -0.05) is 32.9 Å². The van der Waals surface area contributed by atoms with Crippen LogP contribution in [0.5, 0.6) is 11.5 Å². The van der Waals surface area contributed by atoms with Crippen molar-refractivity contribution in [1.29, 1.82) is 0 Å². The standard InChI is InChI=1S/C28H33F3N2O4/c1-17-11-20(16-27(2,3)15-17)33-23-14-24(36-4)19(7-10-26(34)35)13-22(23)32-25(33)12-18-5-8-21(9-6-18)37-28(29,30)31/h5-6,8-9,13-14,17,20H,7,10-12,15-16H2,1-4H3,(H,34,35)/t17-,20?/m0/s1. The fourth-order valence-corrected chi connectivity index (χ4v) is 5.86. The molecule has 1 aromatic heterocycles. The third-order valence-corrected chi connectivity index (χ3v) is 7.02. The summed E-state index contributed by atoms with van der Waals surface area (Å²) in [5, 5.41) is 9.16. The Morgan fingerprint density at radius 1 is 1.19 bits per heavy atom. The van der Waals surface area contributed by atoms with Crippen molar-refractivity contribution in [3.05, 3.63) is 53.3 Å². The zero-order chi connectivity index (χ0) is 27.0. The molecule has 0 aliphatic heterocycles. The number of methoxy groups -OCH3 is 1. The van der Waals surface area contributed by atoms with Gasteiger partial charge in [0.1, 0.15) is 17.3 Å². The molecule has 2 aromatic carbocycles. The summed E-state index contributed by atoms with van der Waals surface area (Å²) in [6, 6.07) is 9.91. The number of hydrogen-bond acceptors (Lipinski definition) is 4. The summed E-state index contributed by atoms with van der Waals surface area (Å²) in [6.07, 6.45) is -0.910. The van der Waals surface area contributed by atoms with E-state index in [1.54, 1.807) is 19.2 Å². The highest BCUT2D eigenvalue weighted by Gasteiger charge is 2.35. The zero-order valence-corrected chi connectivity index (χ0v) is 21.6. The molecule has 4 rings (SSSR count). The lowest BCUT2D eigenvalue weighted by Gasteiger charge is -2.40. The number of aromatic nitrogens is 2. The Balaban J connectivity index is 1.77. The molecular weight excluding hydrogens is 485 g/mol. The maximum atomic E-state index is 12.6. The lowest BCUT2D eigenvalue weighted by Crippen LogP contribution is -2.30. The number of aliphatic carboxylic acids is 1. The van der Waals surface area contributed by atoms with Crippen LogP contribution in [-0.4, -0.2) is 34.1 Å². The van der Waals surface area contributed by atoms with Crippen molar-refractivity contribution >= 4 is 17.0 Å². The van der Waals surface area contributed by atoms with Gasteiger partial charge in [0.25, 0.3) is 0 Å². The van der Waals surface area contributed by atoms with Gasteiger partial charge in [-0.3, -0.25) is 4.79 Å². The van der Waals surface area contributed by atoms with Crippen molar-refractivity contribution in [2.24, 2.45) is 11.3 Å². The van der Waals surface area contributed by atoms with Crippen molar-refractivity contribution in [3.63, 3.8) is 0 Å². The highest BCUT2D eigenvalue weighted by molar-refractivity contribution is 5.80. The molecule has 3 aromatic rings. The van der Waals surface area contributed by atoms with Gasteiger partial charge >= 0.3 is 12.3 Å². The van der Waals surface area contributed by atoms with Gasteiger partial charge in [0.15, 0.2) is 0 Å². The van der Waals surface area contributed by atoms with Crippen molar-refractivity contribution < 1.29 is 32.5 Å². The van der Waals surface area contributed by atoms with Gasteiger partial charge in [0, 0.05) is 24.9 Å². The quantitative estimate of drug-likeness (QED) is 0.350. The molecule has 0 amide bonds. The molecule has 1 unspecified atom stereocenters. The van der Waals surface area contributed by atoms with E-state index >= 15 is 0 Å². The van der Waals surface area contributed by atoms with Gasteiger partial charge in [-0.2, -0.15) is 0 Å². The molecule has 2 atom stereocenters. The Morgan fingerprint density at radius 3 is 2.49 bits per heavy atom. The smallest absolute Gasteiger partial charge is 0.496 e. The summed E-state index contributed by atoms with van der Waals surface area (Å²) in [5.41, 5.74) is 3.41. The number of rotatable bonds is 8. The molecular formula is C28H33F3N2O4. The molecule has 1 fully saturated rings. The first kappa shape index (κ1) is 26.8. The lowest BCUT2D eigenvalue weighted by atomic mass is 9.70. The first-order valence-electron chi connectivity index (χ1n) is 12.5. The van der Waals surface area contributed by atoms with Crippen molar-refractivity contribution in [3.8, 4) is 11.5 Å². The van der Waals surface area contributed by atoms with Crippen molar-refractivity contribution in [2.45, 2.75) is 71.7 Å². The molecule has 1 N–H and O–H groups in total. The van der Waals surface area contributed by atoms with Crippen molar-refractivity contribution in [1.82, 2.24) is 9.55 Å². The average Bonchev–Trinajstić information content (AvgIpc) is 3.12. The van der Waals surface area contributed by atoms with Gasteiger partial charge in [-0.25, -0.2) is 4.98 Å². The summed E-state index contributed by atoms with van der Waals surface area (Å²) >= 11 is 0. The monoisotopic (exact) mass is 518 g/mol. The Kier molecular flexibility index (Phi) is 7.44. The van der Waals surface area contributed by atoms with E-state index in [0.717, 1.165) is 47.2 Å². The number of aryl methyl sites for hydroxylation is 1. The summed E-state index contributed by atoms with van der Waals surface area (Å²) in [6.45, 7) is 6.81. The summed E-state index contributed by atoms with van der Waals surface area (Å²) in [4.78, 5) is 16.1. The molecule has 0 radical (unpaired) electrons. The molecule has 200 valence electrons. The number of alkyl halides is 3. The van der Waals surface area contributed by atoms with Gasteiger partial charge < -0.3 is 19.1 Å².